The summed E-state index contributed by atoms with van der Waals surface area (Å²) in [5, 5.41) is 1.16. The lowest BCUT2D eigenvalue weighted by Gasteiger charge is -2.29. The van der Waals surface area contributed by atoms with Gasteiger partial charge in [-0.1, -0.05) is 57.5 Å². The molecule has 44 heavy (non-hydrogen) atoms. The quantitative estimate of drug-likeness (QED) is 0.186. The van der Waals surface area contributed by atoms with Gasteiger partial charge in [0, 0.05) is 34.2 Å². The molecule has 0 N–H and O–H groups in total. The lowest BCUT2D eigenvalue weighted by molar-refractivity contribution is 0.0722. The molecule has 2 aromatic heterocycles. The molecule has 0 spiro atoms. The molecule has 6 nitrogen and oxygen atoms in total. The topological polar surface area (TPSA) is 64.4 Å². The minimum absolute atomic E-state index is 0.00440. The Morgan fingerprint density at radius 1 is 1.02 bits per heavy atom. The number of carbonyl (C=O) groups excluding carboxylic acids is 1. The van der Waals surface area contributed by atoms with Gasteiger partial charge in [0.2, 0.25) is 0 Å². The second-order valence-electron chi connectivity index (χ2n) is 11.9. The molecule has 0 saturated carbocycles. The van der Waals surface area contributed by atoms with E-state index < -0.39 is 0 Å². The minimum Gasteiger partial charge on any atom is -0.496 e. The zero-order chi connectivity index (χ0) is 31.5. The number of ether oxygens (including phenoxy) is 1. The number of thiazole rings is 1. The Kier molecular flexibility index (Phi) is 9.96. The average Bonchev–Trinajstić information content (AvgIpc) is 3.41. The average molecular weight is 632 g/mol. The fraction of sp³-hybridized carbons (Fsp3) is 0.417. The third-order valence-electron chi connectivity index (χ3n) is 8.41. The zero-order valence-corrected chi connectivity index (χ0v) is 28.2. The van der Waals surface area contributed by atoms with Crippen molar-refractivity contribution < 1.29 is 9.53 Å². The van der Waals surface area contributed by atoms with E-state index in [1.165, 1.54) is 11.3 Å². The molecular formula is C36H42ClN3O3S. The van der Waals surface area contributed by atoms with E-state index in [2.05, 4.69) is 45.9 Å². The lowest BCUT2D eigenvalue weighted by Crippen LogP contribution is -2.38. The first-order valence-corrected chi connectivity index (χ1v) is 16.9. The van der Waals surface area contributed by atoms with Crippen LogP contribution in [-0.4, -0.2) is 40.6 Å². The van der Waals surface area contributed by atoms with Crippen LogP contribution >= 0.6 is 22.9 Å². The van der Waals surface area contributed by atoms with Gasteiger partial charge >= 0.3 is 0 Å². The van der Waals surface area contributed by atoms with Crippen LogP contribution in [0.25, 0.3) is 27.5 Å². The summed E-state index contributed by atoms with van der Waals surface area (Å²) in [5.41, 5.74) is 6.31. The van der Waals surface area contributed by atoms with Crippen molar-refractivity contribution >= 4 is 28.8 Å². The second-order valence-corrected chi connectivity index (χ2v) is 13.5. The number of piperidine rings is 1. The van der Waals surface area contributed by atoms with Crippen molar-refractivity contribution in [3.05, 3.63) is 85.1 Å². The highest BCUT2D eigenvalue weighted by Crippen LogP contribution is 2.39. The Morgan fingerprint density at radius 2 is 1.70 bits per heavy atom. The van der Waals surface area contributed by atoms with E-state index in [4.69, 9.17) is 21.3 Å². The molecule has 0 bridgehead atoms. The Morgan fingerprint density at radius 3 is 2.32 bits per heavy atom. The smallest absolute Gasteiger partial charge is 0.265 e. The molecule has 0 atom stereocenters. The van der Waals surface area contributed by atoms with E-state index in [1.54, 1.807) is 13.2 Å². The van der Waals surface area contributed by atoms with Gasteiger partial charge in [-0.05, 0) is 86.8 Å². The van der Waals surface area contributed by atoms with Crippen LogP contribution in [0.4, 0.5) is 0 Å². The predicted octanol–water partition coefficient (Wildman–Crippen LogP) is 8.55. The SMILES string of the molecule is CCc1cccc(CC)c1-n1c(CC(C)C)c(C(=O)N2CCCCC2)cc(-c2nc(-c3ccc(Cl)cc3OC)c(C)s2)c1=O. The minimum atomic E-state index is -0.144. The van der Waals surface area contributed by atoms with Gasteiger partial charge in [-0.2, -0.15) is 0 Å². The van der Waals surface area contributed by atoms with E-state index in [9.17, 15) is 9.59 Å². The van der Waals surface area contributed by atoms with E-state index in [-0.39, 0.29) is 17.4 Å². The molecule has 5 rings (SSSR count). The number of amides is 1. The van der Waals surface area contributed by atoms with Gasteiger partial charge in [0.25, 0.3) is 11.5 Å². The summed E-state index contributed by atoms with van der Waals surface area (Å²) in [6, 6.07) is 13.6. The first-order valence-electron chi connectivity index (χ1n) is 15.7. The fourth-order valence-electron chi connectivity index (χ4n) is 6.21. The van der Waals surface area contributed by atoms with Crippen LogP contribution in [0.2, 0.25) is 5.02 Å². The maximum absolute atomic E-state index is 14.8. The van der Waals surface area contributed by atoms with Gasteiger partial charge in [0.1, 0.15) is 10.8 Å². The van der Waals surface area contributed by atoms with Crippen molar-refractivity contribution in [3.8, 4) is 33.3 Å². The molecule has 3 heterocycles. The maximum atomic E-state index is 14.8. The zero-order valence-electron chi connectivity index (χ0n) is 26.6. The van der Waals surface area contributed by atoms with Crippen LogP contribution in [0.5, 0.6) is 5.75 Å². The largest absolute Gasteiger partial charge is 0.496 e. The van der Waals surface area contributed by atoms with E-state index >= 15 is 0 Å². The first kappa shape index (κ1) is 32.0. The molecule has 1 aliphatic rings. The van der Waals surface area contributed by atoms with Gasteiger partial charge in [0.05, 0.1) is 29.6 Å². The maximum Gasteiger partial charge on any atom is 0.265 e. The molecule has 0 aliphatic carbocycles. The van der Waals surface area contributed by atoms with Gasteiger partial charge in [-0.25, -0.2) is 4.98 Å². The number of likely N-dealkylation sites (tertiary alicyclic amines) is 1. The number of benzene rings is 2. The van der Waals surface area contributed by atoms with Crippen molar-refractivity contribution in [2.75, 3.05) is 20.2 Å². The Balaban J connectivity index is 1.83. The molecule has 8 heteroatoms. The van der Waals surface area contributed by atoms with Crippen molar-refractivity contribution in [3.63, 3.8) is 0 Å². The molecule has 1 amide bonds. The highest BCUT2D eigenvalue weighted by Gasteiger charge is 2.29. The third kappa shape index (κ3) is 6.22. The van der Waals surface area contributed by atoms with Gasteiger partial charge in [-0.3, -0.25) is 14.2 Å². The molecule has 2 aromatic carbocycles. The molecule has 1 fully saturated rings. The summed E-state index contributed by atoms with van der Waals surface area (Å²) in [4.78, 5) is 37.2. The number of para-hydroxylation sites is 1. The number of hydrogen-bond acceptors (Lipinski definition) is 5. The normalized spacial score (nSPS) is 13.5. The van der Waals surface area contributed by atoms with Crippen LogP contribution in [-0.2, 0) is 19.3 Å². The predicted molar refractivity (Wildman–Crippen MR) is 182 cm³/mol. The monoisotopic (exact) mass is 631 g/mol. The van der Waals surface area contributed by atoms with Gasteiger partial charge in [-0.15, -0.1) is 11.3 Å². The number of aryl methyl sites for hydroxylation is 3. The standard InChI is InChI=1S/C36H42ClN3O3S/c1-7-24-13-12-14-25(8-2)33(24)40-30(19-22(3)4)28(35(41)39-17-10-9-11-18-39)21-29(36(40)42)34-38-32(23(5)44-34)27-16-15-26(37)20-31(27)43-6/h12-16,20-22H,7-11,17-19H2,1-6H3. The summed E-state index contributed by atoms with van der Waals surface area (Å²) in [5.74, 6) is 0.854. The molecule has 1 saturated heterocycles. The van der Waals surface area contributed by atoms with Crippen molar-refractivity contribution in [2.24, 2.45) is 5.92 Å². The number of hydrogen-bond donors (Lipinski definition) is 0. The summed E-state index contributed by atoms with van der Waals surface area (Å²) in [6.45, 7) is 12.0. The van der Waals surface area contributed by atoms with E-state index in [0.29, 0.717) is 33.3 Å². The number of methoxy groups -OCH3 is 1. The second kappa shape index (κ2) is 13.7. The molecule has 4 aromatic rings. The number of aromatic nitrogens is 2. The van der Waals surface area contributed by atoms with Crippen molar-refractivity contribution in [1.29, 1.82) is 0 Å². The molecule has 1 aliphatic heterocycles. The van der Waals surface area contributed by atoms with Crippen LogP contribution in [0.1, 0.15) is 79.0 Å². The van der Waals surface area contributed by atoms with Crippen LogP contribution < -0.4 is 10.3 Å². The summed E-state index contributed by atoms with van der Waals surface area (Å²) in [7, 11) is 1.61. The van der Waals surface area contributed by atoms with Crippen LogP contribution in [0.15, 0.2) is 47.3 Å². The van der Waals surface area contributed by atoms with Gasteiger partial charge in [0.15, 0.2) is 0 Å². The number of pyridine rings is 1. The first-order chi connectivity index (χ1) is 21.2. The van der Waals surface area contributed by atoms with Crippen LogP contribution in [0, 0.1) is 12.8 Å². The molecule has 0 radical (unpaired) electrons. The highest BCUT2D eigenvalue weighted by atomic mass is 35.5. The summed E-state index contributed by atoms with van der Waals surface area (Å²) < 4.78 is 7.50. The van der Waals surface area contributed by atoms with E-state index in [1.807, 2.05) is 34.6 Å². The van der Waals surface area contributed by atoms with Crippen LogP contribution in [0.3, 0.4) is 0 Å². The Bertz CT molecular complexity index is 1710. The summed E-state index contributed by atoms with van der Waals surface area (Å²) in [6.07, 6.45) is 5.27. The molecular weight excluding hydrogens is 590 g/mol. The Hall–Kier alpha value is -3.42. The molecule has 0 unspecified atom stereocenters. The number of halogens is 1. The number of carbonyl (C=O) groups is 1. The fourth-order valence-corrected chi connectivity index (χ4v) is 7.31. The van der Waals surface area contributed by atoms with Crippen molar-refractivity contribution in [1.82, 2.24) is 14.5 Å². The van der Waals surface area contributed by atoms with E-state index in [0.717, 1.165) is 83.8 Å². The van der Waals surface area contributed by atoms with Gasteiger partial charge < -0.3 is 9.64 Å². The number of nitrogens with zero attached hydrogens (tertiary/aromatic N) is 3. The van der Waals surface area contributed by atoms with Crippen molar-refractivity contribution in [2.45, 2.75) is 73.1 Å². The molecule has 232 valence electrons. The summed E-state index contributed by atoms with van der Waals surface area (Å²) >= 11 is 7.72. The highest BCUT2D eigenvalue weighted by molar-refractivity contribution is 7.15. The Labute approximate surface area is 269 Å². The lowest BCUT2D eigenvalue weighted by atomic mass is 9.96. The third-order valence-corrected chi connectivity index (χ3v) is 9.65. The number of rotatable bonds is 9.